The minimum atomic E-state index is -1.16. The van der Waals surface area contributed by atoms with Crippen molar-refractivity contribution in [2.75, 3.05) is 35.5 Å². The average molecular weight is 473 g/mol. The van der Waals surface area contributed by atoms with E-state index in [0.29, 0.717) is 6.42 Å². The molecule has 0 radical (unpaired) electrons. The molecule has 0 aromatic heterocycles. The molecule has 0 aromatic rings. The predicted molar refractivity (Wildman–Crippen MR) is 125 cm³/mol. The molecule has 2 heterocycles. The third kappa shape index (κ3) is 6.24. The van der Waals surface area contributed by atoms with Gasteiger partial charge in [-0.3, -0.25) is 0 Å². The molecule has 0 bridgehead atoms. The number of hydrogen-bond acceptors (Lipinski definition) is 8. The molecule has 2 aliphatic rings. The first kappa shape index (κ1) is 28.4. The Hall–Kier alpha value is -0.840. The quantitative estimate of drug-likeness (QED) is 0.434. The first-order valence-corrected chi connectivity index (χ1v) is 11.8. The molecule has 33 heavy (non-hydrogen) atoms. The van der Waals surface area contributed by atoms with Crippen molar-refractivity contribution in [3.05, 3.63) is 23.8 Å². The summed E-state index contributed by atoms with van der Waals surface area (Å²) in [5.74, 6) is -1.10. The Morgan fingerprint density at radius 2 is 1.64 bits per heavy atom. The molecule has 2 saturated heterocycles. The van der Waals surface area contributed by atoms with Crippen LogP contribution in [0.15, 0.2) is 23.8 Å². The van der Waals surface area contributed by atoms with E-state index in [4.69, 9.17) is 33.2 Å². The summed E-state index contributed by atoms with van der Waals surface area (Å²) in [5.41, 5.74) is 0.947. The first-order chi connectivity index (χ1) is 15.7. The van der Waals surface area contributed by atoms with Crippen LogP contribution >= 0.6 is 0 Å². The lowest BCUT2D eigenvalue weighted by Crippen LogP contribution is -2.60. The fourth-order valence-corrected chi connectivity index (χ4v) is 4.88. The number of rotatable bonds is 12. The first-order valence-electron chi connectivity index (χ1n) is 11.8. The molecular formula is C25H44O8. The number of allylic oxidation sites excluding steroid dienone is 2. The fourth-order valence-electron chi connectivity index (χ4n) is 4.88. The van der Waals surface area contributed by atoms with Gasteiger partial charge in [0.2, 0.25) is 0 Å². The minimum absolute atomic E-state index is 0.00295. The standard InChI is InChI=1S/C25H44O8/c1-10-18(27-5)17(4)19-14-25(26,33-19)16(3)13-11-12-15(2)20-21(28-6)22(29-7)23(30-8)24(31-9)32-20/h11-13,16-24,26H,10,14H2,1-9H3/b13-11+,15-12+/t16-,17+,18-,19+,20-,21-,22-,23+,24-,25-/m0/s1. The van der Waals surface area contributed by atoms with Crippen molar-refractivity contribution >= 4 is 0 Å². The third-order valence-corrected chi connectivity index (χ3v) is 7.19. The van der Waals surface area contributed by atoms with Crippen LogP contribution in [0.5, 0.6) is 0 Å². The van der Waals surface area contributed by atoms with Crippen LogP contribution in [0.2, 0.25) is 0 Å². The van der Waals surface area contributed by atoms with Crippen molar-refractivity contribution in [1.82, 2.24) is 0 Å². The van der Waals surface area contributed by atoms with Crippen LogP contribution in [-0.2, 0) is 33.2 Å². The highest BCUT2D eigenvalue weighted by Gasteiger charge is 2.50. The second-order valence-electron chi connectivity index (χ2n) is 9.09. The van der Waals surface area contributed by atoms with Gasteiger partial charge in [-0.25, -0.2) is 0 Å². The normalized spacial score (nSPS) is 38.2. The second-order valence-corrected chi connectivity index (χ2v) is 9.09. The Morgan fingerprint density at radius 3 is 2.12 bits per heavy atom. The SMILES string of the molecule is CC[C@H](OC)[C@@H](C)[C@H]1C[C@@](O)([C@@H](C)/C=C/C=C(\C)[C@@H]2O[C@H](OC)[C@H](OC)[C@@H](OC)[C@H]2OC)O1. The monoisotopic (exact) mass is 472 g/mol. The highest BCUT2D eigenvalue weighted by Crippen LogP contribution is 2.42. The molecule has 192 valence electrons. The van der Waals surface area contributed by atoms with Crippen molar-refractivity contribution in [2.24, 2.45) is 11.8 Å². The lowest BCUT2D eigenvalue weighted by molar-refractivity contribution is -0.351. The van der Waals surface area contributed by atoms with Gasteiger partial charge in [-0.2, -0.15) is 0 Å². The molecule has 8 heteroatoms. The molecule has 2 fully saturated rings. The Bertz CT molecular complexity index is 640. The number of ether oxygens (including phenoxy) is 7. The van der Waals surface area contributed by atoms with E-state index in [2.05, 4.69) is 13.8 Å². The van der Waals surface area contributed by atoms with Crippen molar-refractivity contribution in [3.63, 3.8) is 0 Å². The molecule has 0 spiro atoms. The van der Waals surface area contributed by atoms with E-state index >= 15 is 0 Å². The molecule has 0 aliphatic carbocycles. The molecule has 1 N–H and O–H groups in total. The Balaban J connectivity index is 2.03. The largest absolute Gasteiger partial charge is 0.381 e. The molecule has 0 saturated carbocycles. The van der Waals surface area contributed by atoms with Crippen LogP contribution in [0.1, 0.15) is 40.5 Å². The van der Waals surface area contributed by atoms with Gasteiger partial charge in [0.05, 0.1) is 12.2 Å². The predicted octanol–water partition coefficient (Wildman–Crippen LogP) is 3.08. The van der Waals surface area contributed by atoms with E-state index in [0.717, 1.165) is 12.0 Å². The van der Waals surface area contributed by atoms with Gasteiger partial charge < -0.3 is 38.3 Å². The topological polar surface area (TPSA) is 84.8 Å². The molecule has 0 unspecified atom stereocenters. The van der Waals surface area contributed by atoms with Crippen molar-refractivity contribution < 1.29 is 38.3 Å². The summed E-state index contributed by atoms with van der Waals surface area (Å²) in [6.07, 6.45) is 5.39. The zero-order valence-corrected chi connectivity index (χ0v) is 21.6. The van der Waals surface area contributed by atoms with Gasteiger partial charge >= 0.3 is 0 Å². The molecule has 0 amide bonds. The van der Waals surface area contributed by atoms with Crippen LogP contribution in [-0.4, -0.2) is 89.4 Å². The van der Waals surface area contributed by atoms with Crippen molar-refractivity contribution in [3.8, 4) is 0 Å². The number of methoxy groups -OCH3 is 5. The van der Waals surface area contributed by atoms with Crippen LogP contribution in [0.25, 0.3) is 0 Å². The Kier molecular flexibility index (Phi) is 11.0. The maximum absolute atomic E-state index is 10.9. The molecule has 10 atom stereocenters. The molecule has 2 aliphatic heterocycles. The summed E-state index contributed by atoms with van der Waals surface area (Å²) < 4.78 is 40.0. The molecule has 0 aromatic carbocycles. The molecule has 8 nitrogen and oxygen atoms in total. The Morgan fingerprint density at radius 1 is 1.03 bits per heavy atom. The van der Waals surface area contributed by atoms with Crippen molar-refractivity contribution in [2.45, 2.75) is 89.2 Å². The average Bonchev–Trinajstić information content (AvgIpc) is 2.80. The van der Waals surface area contributed by atoms with E-state index in [1.54, 1.807) is 35.5 Å². The van der Waals surface area contributed by atoms with Gasteiger partial charge in [0.25, 0.3) is 0 Å². The summed E-state index contributed by atoms with van der Waals surface area (Å²) in [6, 6.07) is 0. The van der Waals surface area contributed by atoms with Gasteiger partial charge in [0.15, 0.2) is 12.1 Å². The van der Waals surface area contributed by atoms with Crippen LogP contribution < -0.4 is 0 Å². The molecule has 2 rings (SSSR count). The van der Waals surface area contributed by atoms with Gasteiger partial charge in [-0.05, 0) is 18.9 Å². The van der Waals surface area contributed by atoms with Gasteiger partial charge in [-0.15, -0.1) is 0 Å². The van der Waals surface area contributed by atoms with Crippen LogP contribution in [0.4, 0.5) is 0 Å². The number of aliphatic hydroxyl groups is 1. The lowest BCUT2D eigenvalue weighted by Gasteiger charge is -2.50. The highest BCUT2D eigenvalue weighted by atomic mass is 16.7. The third-order valence-electron chi connectivity index (χ3n) is 7.19. The van der Waals surface area contributed by atoms with Gasteiger partial charge in [0.1, 0.15) is 24.4 Å². The van der Waals surface area contributed by atoms with E-state index < -0.39 is 18.2 Å². The van der Waals surface area contributed by atoms with Crippen molar-refractivity contribution in [1.29, 1.82) is 0 Å². The highest BCUT2D eigenvalue weighted by molar-refractivity contribution is 5.19. The zero-order chi connectivity index (χ0) is 24.8. The summed E-state index contributed by atoms with van der Waals surface area (Å²) in [6.45, 7) is 8.13. The van der Waals surface area contributed by atoms with E-state index in [9.17, 15) is 5.11 Å². The zero-order valence-electron chi connectivity index (χ0n) is 21.6. The maximum Gasteiger partial charge on any atom is 0.186 e. The van der Waals surface area contributed by atoms with E-state index in [1.807, 2.05) is 32.1 Å². The van der Waals surface area contributed by atoms with Gasteiger partial charge in [0, 0.05) is 53.8 Å². The van der Waals surface area contributed by atoms with E-state index in [1.165, 1.54) is 0 Å². The fraction of sp³-hybridized carbons (Fsp3) is 0.840. The molecular weight excluding hydrogens is 428 g/mol. The Labute approximate surface area is 199 Å². The second kappa shape index (κ2) is 12.7. The van der Waals surface area contributed by atoms with Gasteiger partial charge in [-0.1, -0.05) is 39.0 Å². The lowest BCUT2D eigenvalue weighted by atomic mass is 9.81. The minimum Gasteiger partial charge on any atom is -0.381 e. The van der Waals surface area contributed by atoms with Crippen LogP contribution in [0.3, 0.4) is 0 Å². The number of hydrogen-bond donors (Lipinski definition) is 1. The maximum atomic E-state index is 10.9. The van der Waals surface area contributed by atoms with E-state index in [-0.39, 0.29) is 42.4 Å². The smallest absolute Gasteiger partial charge is 0.186 e. The summed E-state index contributed by atoms with van der Waals surface area (Å²) in [5, 5.41) is 10.9. The summed E-state index contributed by atoms with van der Waals surface area (Å²) >= 11 is 0. The summed E-state index contributed by atoms with van der Waals surface area (Å²) in [4.78, 5) is 0. The summed E-state index contributed by atoms with van der Waals surface area (Å²) in [7, 11) is 8.16. The van der Waals surface area contributed by atoms with Crippen LogP contribution in [0, 0.1) is 11.8 Å².